The molecule has 642 valence electrons. The highest BCUT2D eigenvalue weighted by Gasteiger charge is 2.30. The number of aliphatic hydroxyl groups is 1. The van der Waals surface area contributed by atoms with Crippen molar-refractivity contribution in [1.82, 2.24) is 0 Å². The Hall–Kier alpha value is -1.94. The summed E-state index contributed by atoms with van der Waals surface area (Å²) >= 11 is 0. The van der Waals surface area contributed by atoms with Crippen LogP contribution in [0.5, 0.6) is 0 Å². The average molecular weight is 1580 g/mol. The Morgan fingerprint density at radius 1 is 0.250 bits per heavy atom. The third-order valence-electron chi connectivity index (χ3n) is 21.0. The van der Waals surface area contributed by atoms with Gasteiger partial charge in [0.25, 0.3) is 0 Å². The summed E-state index contributed by atoms with van der Waals surface area (Å²) in [4.78, 5) is 73.3. The van der Waals surface area contributed by atoms with Crippen molar-refractivity contribution >= 4 is 39.5 Å². The van der Waals surface area contributed by atoms with Gasteiger partial charge in [0, 0.05) is 25.7 Å². The molecule has 0 saturated heterocycles. The molecule has 0 aliphatic rings. The van der Waals surface area contributed by atoms with Crippen LogP contribution in [0.3, 0.4) is 0 Å². The van der Waals surface area contributed by atoms with E-state index in [1.54, 1.807) is 0 Å². The number of aliphatic hydroxyl groups excluding tert-OH is 1. The van der Waals surface area contributed by atoms with Crippen molar-refractivity contribution in [2.45, 2.75) is 502 Å². The predicted octanol–water partition coefficient (Wildman–Crippen LogP) is 27.5. The fourth-order valence-corrected chi connectivity index (χ4v) is 15.6. The van der Waals surface area contributed by atoms with Crippen LogP contribution in [0, 0.1) is 5.92 Å². The molecule has 2 unspecified atom stereocenters. The van der Waals surface area contributed by atoms with E-state index in [0.717, 1.165) is 95.8 Å². The van der Waals surface area contributed by atoms with Gasteiger partial charge < -0.3 is 33.8 Å². The molecule has 3 N–H and O–H groups in total. The molecule has 0 rings (SSSR count). The van der Waals surface area contributed by atoms with Gasteiger partial charge >= 0.3 is 39.5 Å². The maximum absolute atomic E-state index is 13.2. The molecule has 17 nitrogen and oxygen atoms in total. The van der Waals surface area contributed by atoms with Gasteiger partial charge in [-0.3, -0.25) is 37.3 Å². The molecule has 108 heavy (non-hydrogen) atoms. The normalized spacial score (nSPS) is 13.7. The minimum Gasteiger partial charge on any atom is -0.462 e. The number of phosphoric ester groups is 2. The highest BCUT2D eigenvalue weighted by molar-refractivity contribution is 7.47. The minimum atomic E-state index is -4.97. The number of carbonyl (C=O) groups is 4. The highest BCUT2D eigenvalue weighted by Crippen LogP contribution is 2.45. The van der Waals surface area contributed by atoms with Crippen molar-refractivity contribution in [3.05, 3.63) is 0 Å². The number of esters is 4. The number of unbranched alkanes of at least 4 members (excludes halogenated alkanes) is 61. The van der Waals surface area contributed by atoms with Crippen molar-refractivity contribution < 1.29 is 80.2 Å². The van der Waals surface area contributed by atoms with Crippen molar-refractivity contribution in [2.24, 2.45) is 5.92 Å². The molecular weight excluding hydrogens is 1400 g/mol. The molecule has 0 aromatic carbocycles. The Labute approximate surface area is 664 Å². The minimum absolute atomic E-state index is 0.108. The predicted molar refractivity (Wildman–Crippen MR) is 446 cm³/mol. The zero-order chi connectivity index (χ0) is 79.0. The van der Waals surface area contributed by atoms with E-state index in [4.69, 9.17) is 37.0 Å². The largest absolute Gasteiger partial charge is 0.472 e. The van der Waals surface area contributed by atoms with Crippen molar-refractivity contribution in [1.29, 1.82) is 0 Å². The van der Waals surface area contributed by atoms with Crippen LogP contribution in [0.2, 0.25) is 0 Å². The summed E-state index contributed by atoms with van der Waals surface area (Å²) in [5.41, 5.74) is 0. The van der Waals surface area contributed by atoms with Gasteiger partial charge in [0.05, 0.1) is 26.4 Å². The highest BCUT2D eigenvalue weighted by atomic mass is 31.2. The van der Waals surface area contributed by atoms with E-state index in [-0.39, 0.29) is 25.7 Å². The first-order valence-electron chi connectivity index (χ1n) is 46.1. The first kappa shape index (κ1) is 106. The maximum Gasteiger partial charge on any atom is 0.472 e. The summed E-state index contributed by atoms with van der Waals surface area (Å²) in [6, 6.07) is 0. The molecule has 0 radical (unpaired) electrons. The topological polar surface area (TPSA) is 237 Å². The van der Waals surface area contributed by atoms with Crippen molar-refractivity contribution in [3.8, 4) is 0 Å². The summed E-state index contributed by atoms with van der Waals surface area (Å²) in [5.74, 6) is -1.35. The van der Waals surface area contributed by atoms with E-state index in [0.29, 0.717) is 25.7 Å². The molecule has 0 aliphatic carbocycles. The Balaban J connectivity index is 5.21. The van der Waals surface area contributed by atoms with Crippen LogP contribution < -0.4 is 0 Å². The van der Waals surface area contributed by atoms with Crippen LogP contribution in [0.25, 0.3) is 0 Å². The summed E-state index contributed by atoms with van der Waals surface area (Å²) in [5, 5.41) is 10.7. The van der Waals surface area contributed by atoms with E-state index in [9.17, 15) is 43.2 Å². The SMILES string of the molecule is CCCCCCCCCCCCCCCCCCCCCCCCC(=O)O[C@H](COC(=O)CCCCCCCCCCCCCCCCCCCCCCC)COP(=O)(O)OC[C@@H](O)COP(=O)(O)OC[C@@H](COC(=O)CCCCCCCCCCCC(C)C)OC(=O)CCCCCCCCCCCCCCC. The first-order valence-corrected chi connectivity index (χ1v) is 49.1. The molecule has 5 atom stereocenters. The van der Waals surface area contributed by atoms with E-state index >= 15 is 0 Å². The molecule has 0 fully saturated rings. The van der Waals surface area contributed by atoms with Gasteiger partial charge in [0.1, 0.15) is 19.3 Å². The van der Waals surface area contributed by atoms with Gasteiger partial charge in [0.2, 0.25) is 0 Å². The summed E-state index contributed by atoms with van der Waals surface area (Å²) in [6.45, 7) is 7.36. The first-order chi connectivity index (χ1) is 52.5. The van der Waals surface area contributed by atoms with Crippen LogP contribution in [0.15, 0.2) is 0 Å². The molecule has 0 aliphatic heterocycles. The maximum atomic E-state index is 13.2. The van der Waals surface area contributed by atoms with Crippen LogP contribution in [-0.4, -0.2) is 96.7 Å². The number of hydrogen-bond acceptors (Lipinski definition) is 15. The zero-order valence-corrected chi connectivity index (χ0v) is 72.8. The van der Waals surface area contributed by atoms with Gasteiger partial charge in [-0.2, -0.15) is 0 Å². The van der Waals surface area contributed by atoms with Gasteiger partial charge in [-0.1, -0.05) is 433 Å². The summed E-state index contributed by atoms with van der Waals surface area (Å²) in [6.07, 6.45) is 76.6. The second-order valence-electron chi connectivity index (χ2n) is 32.5. The lowest BCUT2D eigenvalue weighted by Crippen LogP contribution is -2.30. The molecule has 0 heterocycles. The monoisotopic (exact) mass is 1580 g/mol. The third-order valence-corrected chi connectivity index (χ3v) is 22.9. The number of carbonyl (C=O) groups excluding carboxylic acids is 4. The fourth-order valence-electron chi connectivity index (χ4n) is 14.0. The lowest BCUT2D eigenvalue weighted by molar-refractivity contribution is -0.161. The smallest absolute Gasteiger partial charge is 0.462 e. The van der Waals surface area contributed by atoms with E-state index in [1.807, 2.05) is 0 Å². The second-order valence-corrected chi connectivity index (χ2v) is 35.4. The third kappa shape index (κ3) is 82.1. The molecular formula is C89H174O17P2. The molecule has 0 saturated carbocycles. The zero-order valence-electron chi connectivity index (χ0n) is 71.0. The molecule has 0 bridgehead atoms. The molecule has 19 heteroatoms. The van der Waals surface area contributed by atoms with Crippen molar-refractivity contribution in [2.75, 3.05) is 39.6 Å². The van der Waals surface area contributed by atoms with Crippen LogP contribution >= 0.6 is 15.6 Å². The number of hydrogen-bond donors (Lipinski definition) is 3. The van der Waals surface area contributed by atoms with Gasteiger partial charge in [-0.25, -0.2) is 9.13 Å². The van der Waals surface area contributed by atoms with Crippen LogP contribution in [0.4, 0.5) is 0 Å². The summed E-state index contributed by atoms with van der Waals surface area (Å²) in [7, 11) is -9.93. The quantitative estimate of drug-likeness (QED) is 0.0222. The molecule has 0 aromatic rings. The fraction of sp³-hybridized carbons (Fsp3) is 0.955. The molecule has 0 spiro atoms. The number of ether oxygens (including phenoxy) is 4. The Bertz CT molecular complexity index is 2050. The molecule has 0 amide bonds. The average Bonchev–Trinajstić information content (AvgIpc) is 0.898. The van der Waals surface area contributed by atoms with E-state index < -0.39 is 97.5 Å². The van der Waals surface area contributed by atoms with Crippen LogP contribution in [0.1, 0.15) is 484 Å². The lowest BCUT2D eigenvalue weighted by Gasteiger charge is -2.21. The Morgan fingerprint density at radius 3 is 0.630 bits per heavy atom. The van der Waals surface area contributed by atoms with Gasteiger partial charge in [-0.15, -0.1) is 0 Å². The van der Waals surface area contributed by atoms with Gasteiger partial charge in [0.15, 0.2) is 12.2 Å². The van der Waals surface area contributed by atoms with E-state index in [2.05, 4.69) is 34.6 Å². The lowest BCUT2D eigenvalue weighted by atomic mass is 10.0. The van der Waals surface area contributed by atoms with Crippen LogP contribution in [-0.2, 0) is 65.4 Å². The van der Waals surface area contributed by atoms with Gasteiger partial charge in [-0.05, 0) is 31.6 Å². The molecule has 0 aromatic heterocycles. The van der Waals surface area contributed by atoms with Crippen molar-refractivity contribution in [3.63, 3.8) is 0 Å². The standard InChI is InChI=1S/C89H174O17P2/c1-6-9-12-15-18-21-24-27-29-31-33-35-37-39-41-43-46-49-54-60-65-70-75-89(94)105-84(78-99-86(91)72-67-62-57-52-47-45-42-40-38-36-34-32-30-28-25-22-19-16-13-10-7-2)80-103-107(95,96)101-76-83(90)77-102-108(97,98)104-81-85(79-100-87(92)73-68-63-58-55-50-51-56-61-66-71-82(4)5)106-88(93)74-69-64-59-53-48-44-26-23-20-17-14-11-8-3/h82-85,90H,6-81H2,1-5H3,(H,95,96)(H,97,98)/t83-,84-,85-/m1/s1. The second kappa shape index (κ2) is 81.6. The Kier molecular flexibility index (Phi) is 80.2. The van der Waals surface area contributed by atoms with E-state index in [1.165, 1.54) is 308 Å². The number of phosphoric acid groups is 2. The number of rotatable bonds is 89. The summed E-state index contributed by atoms with van der Waals surface area (Å²) < 4.78 is 69.0. The Morgan fingerprint density at radius 2 is 0.426 bits per heavy atom.